The number of benzene rings is 1. The summed E-state index contributed by atoms with van der Waals surface area (Å²) in [7, 11) is 0. The summed E-state index contributed by atoms with van der Waals surface area (Å²) in [5.74, 6) is 0. The third-order valence-corrected chi connectivity index (χ3v) is 2.78. The lowest BCUT2D eigenvalue weighted by Gasteiger charge is -2.16. The van der Waals surface area contributed by atoms with Gasteiger partial charge in [0.15, 0.2) is 5.11 Å². The number of hydrogen-bond acceptors (Lipinski definition) is 3. The van der Waals surface area contributed by atoms with Crippen LogP contribution >= 0.6 is 12.2 Å². The highest BCUT2D eigenvalue weighted by molar-refractivity contribution is 7.80. The second-order valence-electron chi connectivity index (χ2n) is 3.73. The molecule has 84 valence electrons. The lowest BCUT2D eigenvalue weighted by Crippen LogP contribution is -2.27. The first-order valence-electron chi connectivity index (χ1n) is 4.90. The molecule has 1 N–H and O–H groups in total. The van der Waals surface area contributed by atoms with E-state index in [0.717, 1.165) is 12.2 Å². The van der Waals surface area contributed by atoms with Gasteiger partial charge >= 0.3 is 0 Å². The van der Waals surface area contributed by atoms with Gasteiger partial charge < -0.3 is 10.2 Å². The van der Waals surface area contributed by atoms with Gasteiger partial charge in [0.1, 0.15) is 0 Å². The van der Waals surface area contributed by atoms with E-state index in [1.165, 1.54) is 12.1 Å². The molecule has 1 aromatic rings. The molecule has 1 fully saturated rings. The maximum Gasteiger partial charge on any atom is 0.269 e. The van der Waals surface area contributed by atoms with E-state index in [1.807, 2.05) is 11.8 Å². The molecular formula is C10H11N3O2S. The molecule has 0 saturated carbocycles. The number of nitro benzene ring substituents is 1. The van der Waals surface area contributed by atoms with Crippen molar-refractivity contribution >= 4 is 28.7 Å². The van der Waals surface area contributed by atoms with Crippen molar-refractivity contribution in [1.29, 1.82) is 0 Å². The molecule has 1 saturated heterocycles. The second-order valence-corrected chi connectivity index (χ2v) is 4.12. The van der Waals surface area contributed by atoms with E-state index in [4.69, 9.17) is 12.2 Å². The molecular weight excluding hydrogens is 226 g/mol. The second kappa shape index (κ2) is 4.05. The Balaban J connectivity index is 2.22. The topological polar surface area (TPSA) is 58.4 Å². The summed E-state index contributed by atoms with van der Waals surface area (Å²) in [5.41, 5.74) is 0.974. The molecule has 16 heavy (non-hydrogen) atoms. The molecule has 0 spiro atoms. The minimum Gasteiger partial charge on any atom is -0.358 e. The van der Waals surface area contributed by atoms with Crippen LogP contribution in [-0.4, -0.2) is 22.6 Å². The zero-order valence-corrected chi connectivity index (χ0v) is 9.53. The maximum atomic E-state index is 10.5. The fourth-order valence-electron chi connectivity index (χ4n) is 1.67. The average molecular weight is 237 g/mol. The minimum absolute atomic E-state index is 0.0925. The Morgan fingerprint density at radius 2 is 2.12 bits per heavy atom. The van der Waals surface area contributed by atoms with Crippen LogP contribution in [0.3, 0.4) is 0 Å². The normalized spacial score (nSPS) is 19.7. The van der Waals surface area contributed by atoms with Gasteiger partial charge in [0.2, 0.25) is 0 Å². The van der Waals surface area contributed by atoms with Gasteiger partial charge in [-0.2, -0.15) is 0 Å². The zero-order valence-electron chi connectivity index (χ0n) is 8.71. The van der Waals surface area contributed by atoms with Gasteiger partial charge in [-0.25, -0.2) is 0 Å². The van der Waals surface area contributed by atoms with E-state index in [2.05, 4.69) is 5.32 Å². The van der Waals surface area contributed by atoms with Crippen molar-refractivity contribution in [2.45, 2.75) is 13.0 Å². The van der Waals surface area contributed by atoms with Crippen LogP contribution in [0.2, 0.25) is 0 Å². The number of nitrogens with zero attached hydrogens (tertiary/aromatic N) is 2. The molecule has 2 rings (SSSR count). The number of nitro groups is 1. The summed E-state index contributed by atoms with van der Waals surface area (Å²) in [6.07, 6.45) is 0. The summed E-state index contributed by atoms with van der Waals surface area (Å²) in [4.78, 5) is 12.0. The summed E-state index contributed by atoms with van der Waals surface area (Å²) >= 11 is 5.16. The van der Waals surface area contributed by atoms with Crippen LogP contribution in [0.15, 0.2) is 24.3 Å². The summed E-state index contributed by atoms with van der Waals surface area (Å²) in [6.45, 7) is 2.83. The van der Waals surface area contributed by atoms with E-state index < -0.39 is 4.92 Å². The van der Waals surface area contributed by atoms with Crippen LogP contribution in [0, 0.1) is 10.1 Å². The molecule has 1 aliphatic heterocycles. The summed E-state index contributed by atoms with van der Waals surface area (Å²) in [5, 5.41) is 14.3. The van der Waals surface area contributed by atoms with Crippen molar-refractivity contribution in [2.75, 3.05) is 11.4 Å². The van der Waals surface area contributed by atoms with Crippen molar-refractivity contribution in [3.63, 3.8) is 0 Å². The van der Waals surface area contributed by atoms with Gasteiger partial charge in [0, 0.05) is 30.4 Å². The first-order valence-corrected chi connectivity index (χ1v) is 5.31. The molecule has 0 bridgehead atoms. The van der Waals surface area contributed by atoms with Crippen LogP contribution in [0.1, 0.15) is 6.92 Å². The van der Waals surface area contributed by atoms with Crippen molar-refractivity contribution in [2.24, 2.45) is 0 Å². The highest BCUT2D eigenvalue weighted by atomic mass is 32.1. The smallest absolute Gasteiger partial charge is 0.269 e. The molecule has 1 heterocycles. The third-order valence-electron chi connectivity index (χ3n) is 2.44. The Labute approximate surface area is 98.2 Å². The average Bonchev–Trinajstić information content (AvgIpc) is 2.58. The number of anilines is 1. The van der Waals surface area contributed by atoms with Crippen LogP contribution in [0.4, 0.5) is 11.4 Å². The largest absolute Gasteiger partial charge is 0.358 e. The zero-order chi connectivity index (χ0) is 11.7. The Kier molecular flexibility index (Phi) is 2.74. The number of rotatable bonds is 2. The summed E-state index contributed by atoms with van der Waals surface area (Å²) in [6, 6.07) is 6.71. The molecule has 1 aliphatic rings. The monoisotopic (exact) mass is 237 g/mol. The van der Waals surface area contributed by atoms with Gasteiger partial charge in [-0.05, 0) is 31.3 Å². The van der Waals surface area contributed by atoms with Crippen molar-refractivity contribution in [3.05, 3.63) is 34.4 Å². The van der Waals surface area contributed by atoms with Crippen molar-refractivity contribution < 1.29 is 4.92 Å². The van der Waals surface area contributed by atoms with Crippen LogP contribution in [0.25, 0.3) is 0 Å². The minimum atomic E-state index is -0.410. The third kappa shape index (κ3) is 1.96. The van der Waals surface area contributed by atoms with E-state index in [0.29, 0.717) is 11.2 Å². The van der Waals surface area contributed by atoms with E-state index in [-0.39, 0.29) is 5.69 Å². The maximum absolute atomic E-state index is 10.5. The van der Waals surface area contributed by atoms with E-state index in [9.17, 15) is 10.1 Å². The molecule has 0 aliphatic carbocycles. The first kappa shape index (κ1) is 10.8. The van der Waals surface area contributed by atoms with Gasteiger partial charge in [0.05, 0.1) is 4.92 Å². The van der Waals surface area contributed by atoms with Gasteiger partial charge in [-0.1, -0.05) is 0 Å². The fourth-order valence-corrected chi connectivity index (χ4v) is 2.05. The molecule has 1 unspecified atom stereocenters. The van der Waals surface area contributed by atoms with Gasteiger partial charge in [-0.15, -0.1) is 0 Å². The number of non-ortho nitro benzene ring substituents is 1. The fraction of sp³-hybridized carbons (Fsp3) is 0.300. The van der Waals surface area contributed by atoms with Gasteiger partial charge in [0.25, 0.3) is 5.69 Å². The lowest BCUT2D eigenvalue weighted by atomic mass is 10.2. The van der Waals surface area contributed by atoms with Crippen LogP contribution < -0.4 is 10.2 Å². The molecule has 0 aromatic heterocycles. The first-order chi connectivity index (χ1) is 7.58. The predicted octanol–water partition coefficient (Wildman–Crippen LogP) is 1.68. The lowest BCUT2D eigenvalue weighted by molar-refractivity contribution is -0.384. The quantitative estimate of drug-likeness (QED) is 0.482. The Bertz CT molecular complexity index is 432. The van der Waals surface area contributed by atoms with Crippen molar-refractivity contribution in [1.82, 2.24) is 5.32 Å². The molecule has 1 atom stereocenters. The highest BCUT2D eigenvalue weighted by Crippen LogP contribution is 2.21. The Morgan fingerprint density at radius 3 is 2.56 bits per heavy atom. The van der Waals surface area contributed by atoms with Crippen molar-refractivity contribution in [3.8, 4) is 0 Å². The van der Waals surface area contributed by atoms with Gasteiger partial charge in [-0.3, -0.25) is 10.1 Å². The number of thiocarbonyl (C=S) groups is 1. The molecule has 0 radical (unpaired) electrons. The molecule has 6 heteroatoms. The summed E-state index contributed by atoms with van der Waals surface area (Å²) < 4.78 is 0. The molecule has 5 nitrogen and oxygen atoms in total. The molecule has 0 amide bonds. The van der Waals surface area contributed by atoms with E-state index in [1.54, 1.807) is 12.1 Å². The Morgan fingerprint density at radius 1 is 1.50 bits per heavy atom. The molecule has 1 aromatic carbocycles. The number of nitrogens with one attached hydrogen (secondary N) is 1. The Hall–Kier alpha value is -1.69. The van der Waals surface area contributed by atoms with Crippen LogP contribution in [0.5, 0.6) is 0 Å². The SMILES string of the molecule is CC1CN(c2ccc([N+](=O)[O-])cc2)C(=S)N1. The van der Waals surface area contributed by atoms with Crippen LogP contribution in [-0.2, 0) is 0 Å². The standard InChI is InChI=1S/C10H11N3O2S/c1-7-6-12(10(16)11-7)8-2-4-9(5-3-8)13(14)15/h2-5,7H,6H2,1H3,(H,11,16). The predicted molar refractivity (Wildman–Crippen MR) is 65.6 cm³/mol. The highest BCUT2D eigenvalue weighted by Gasteiger charge is 2.23. The van der Waals surface area contributed by atoms with E-state index >= 15 is 0 Å². The number of hydrogen-bond donors (Lipinski definition) is 1.